The van der Waals surface area contributed by atoms with E-state index < -0.39 is 18.7 Å². The van der Waals surface area contributed by atoms with Gasteiger partial charge in [0.2, 0.25) is 0 Å². The van der Waals surface area contributed by atoms with Gasteiger partial charge in [-0.2, -0.15) is 0 Å². The van der Waals surface area contributed by atoms with Crippen LogP contribution in [0.2, 0.25) is 0 Å². The molecule has 0 rings (SSSR count). The Kier molecular flexibility index (Phi) is 11.5. The van der Waals surface area contributed by atoms with Crippen LogP contribution in [0.4, 0.5) is 0 Å². The maximum Gasteiger partial charge on any atom is 0.331 e. The van der Waals surface area contributed by atoms with Gasteiger partial charge < -0.3 is 14.9 Å². The fourth-order valence-electron chi connectivity index (χ4n) is 1.87. The number of carboxylic acids is 1. The first-order valence-corrected chi connectivity index (χ1v) is 8.59. The van der Waals surface area contributed by atoms with Crippen molar-refractivity contribution in [2.75, 3.05) is 0 Å². The van der Waals surface area contributed by atoms with Gasteiger partial charge in [0.05, 0.1) is 5.16 Å². The Morgan fingerprint density at radius 1 is 1.05 bits per heavy atom. The molecule has 0 aliphatic rings. The van der Waals surface area contributed by atoms with E-state index in [0.29, 0.717) is 19.3 Å². The molecule has 0 aliphatic carbocycles. The zero-order valence-corrected chi connectivity index (χ0v) is 13.4. The highest BCUT2D eigenvalue weighted by Gasteiger charge is 2.42. The van der Waals surface area contributed by atoms with Gasteiger partial charge in [0, 0.05) is 6.42 Å². The SMILES string of the molecule is CCC(=O)O.CCCCCC(CC)(CC)P(=O)(O)O. The third-order valence-corrected chi connectivity index (χ3v) is 5.57. The number of carboxylic acid groups (broad SMARTS) is 1. The summed E-state index contributed by atoms with van der Waals surface area (Å²) in [6.07, 6.45) is 5.07. The van der Waals surface area contributed by atoms with E-state index in [1.54, 1.807) is 6.92 Å². The average molecular weight is 296 g/mol. The van der Waals surface area contributed by atoms with Crippen LogP contribution in [0.5, 0.6) is 0 Å². The van der Waals surface area contributed by atoms with Gasteiger partial charge >= 0.3 is 13.6 Å². The summed E-state index contributed by atoms with van der Waals surface area (Å²) in [5, 5.41) is 6.96. The number of unbranched alkanes of at least 4 members (excludes halogenated alkanes) is 2. The van der Waals surface area contributed by atoms with Gasteiger partial charge in [-0.15, -0.1) is 0 Å². The normalized spacial score (nSPS) is 11.7. The van der Waals surface area contributed by atoms with E-state index in [-0.39, 0.29) is 6.42 Å². The minimum atomic E-state index is -3.95. The molecule has 0 bridgehead atoms. The van der Waals surface area contributed by atoms with Gasteiger partial charge in [-0.3, -0.25) is 9.36 Å². The molecule has 5 nitrogen and oxygen atoms in total. The predicted molar refractivity (Wildman–Crippen MR) is 77.4 cm³/mol. The van der Waals surface area contributed by atoms with Crippen molar-refractivity contribution in [3.63, 3.8) is 0 Å². The van der Waals surface area contributed by atoms with Gasteiger partial charge in [0.1, 0.15) is 0 Å². The molecule has 0 aromatic carbocycles. The van der Waals surface area contributed by atoms with Crippen LogP contribution >= 0.6 is 7.60 Å². The monoisotopic (exact) mass is 296 g/mol. The van der Waals surface area contributed by atoms with Gasteiger partial charge in [0.15, 0.2) is 0 Å². The highest BCUT2D eigenvalue weighted by atomic mass is 31.2. The zero-order valence-electron chi connectivity index (χ0n) is 12.6. The van der Waals surface area contributed by atoms with Crippen molar-refractivity contribution < 1.29 is 24.3 Å². The number of carbonyl (C=O) groups is 1. The van der Waals surface area contributed by atoms with Crippen molar-refractivity contribution >= 4 is 13.6 Å². The van der Waals surface area contributed by atoms with Crippen molar-refractivity contribution in [1.29, 1.82) is 0 Å². The van der Waals surface area contributed by atoms with Crippen molar-refractivity contribution in [2.45, 2.75) is 77.8 Å². The maximum absolute atomic E-state index is 11.4. The highest BCUT2D eigenvalue weighted by Crippen LogP contribution is 2.56. The molecule has 0 aromatic heterocycles. The lowest BCUT2D eigenvalue weighted by atomic mass is 9.95. The van der Waals surface area contributed by atoms with Crippen LogP contribution in [0.25, 0.3) is 0 Å². The second-order valence-electron chi connectivity index (χ2n) is 4.68. The van der Waals surface area contributed by atoms with Crippen LogP contribution in [0.1, 0.15) is 72.6 Å². The van der Waals surface area contributed by atoms with Crippen LogP contribution in [-0.2, 0) is 9.36 Å². The van der Waals surface area contributed by atoms with Crippen LogP contribution < -0.4 is 0 Å². The summed E-state index contributed by atoms with van der Waals surface area (Å²) in [7, 11) is -3.95. The molecular formula is C13H29O5P. The molecule has 0 saturated carbocycles. The van der Waals surface area contributed by atoms with Crippen molar-refractivity contribution in [3.8, 4) is 0 Å². The fourth-order valence-corrected chi connectivity index (χ4v) is 3.14. The summed E-state index contributed by atoms with van der Waals surface area (Å²) in [4.78, 5) is 28.0. The molecule has 0 atom stereocenters. The van der Waals surface area contributed by atoms with Crippen molar-refractivity contribution in [2.24, 2.45) is 0 Å². The molecule has 0 amide bonds. The van der Waals surface area contributed by atoms with Gasteiger partial charge in [-0.05, 0) is 19.3 Å². The topological polar surface area (TPSA) is 94.8 Å². The van der Waals surface area contributed by atoms with E-state index in [2.05, 4.69) is 6.92 Å². The largest absolute Gasteiger partial charge is 0.481 e. The van der Waals surface area contributed by atoms with E-state index in [1.165, 1.54) is 0 Å². The van der Waals surface area contributed by atoms with Crippen molar-refractivity contribution in [3.05, 3.63) is 0 Å². The van der Waals surface area contributed by atoms with Gasteiger partial charge in [0.25, 0.3) is 0 Å². The van der Waals surface area contributed by atoms with E-state index in [0.717, 1.165) is 19.3 Å². The number of hydrogen-bond acceptors (Lipinski definition) is 2. The summed E-state index contributed by atoms with van der Waals surface area (Å²) >= 11 is 0. The van der Waals surface area contributed by atoms with Crippen LogP contribution in [0.3, 0.4) is 0 Å². The lowest BCUT2D eigenvalue weighted by molar-refractivity contribution is -0.136. The Morgan fingerprint density at radius 2 is 1.47 bits per heavy atom. The highest BCUT2D eigenvalue weighted by molar-refractivity contribution is 7.53. The quantitative estimate of drug-likeness (QED) is 0.468. The summed E-state index contributed by atoms with van der Waals surface area (Å²) in [6, 6.07) is 0. The average Bonchev–Trinajstić information content (AvgIpc) is 2.34. The second kappa shape index (κ2) is 10.4. The van der Waals surface area contributed by atoms with E-state index in [1.807, 2.05) is 13.8 Å². The van der Waals surface area contributed by atoms with Crippen LogP contribution in [0, 0.1) is 0 Å². The molecule has 0 saturated heterocycles. The smallest absolute Gasteiger partial charge is 0.331 e. The Labute approximate surface area is 116 Å². The zero-order chi connectivity index (χ0) is 15.5. The first-order chi connectivity index (χ1) is 8.70. The second-order valence-corrected chi connectivity index (χ2v) is 6.72. The molecule has 19 heavy (non-hydrogen) atoms. The molecule has 0 heterocycles. The van der Waals surface area contributed by atoms with Gasteiger partial charge in [-0.1, -0.05) is 47.0 Å². The first kappa shape index (κ1) is 20.9. The van der Waals surface area contributed by atoms with Crippen molar-refractivity contribution in [1.82, 2.24) is 0 Å². The maximum atomic E-state index is 11.4. The van der Waals surface area contributed by atoms with Crippen LogP contribution in [-0.4, -0.2) is 26.0 Å². The molecule has 0 radical (unpaired) electrons. The Hall–Kier alpha value is -0.380. The number of rotatable bonds is 8. The van der Waals surface area contributed by atoms with E-state index >= 15 is 0 Å². The molecule has 0 unspecified atom stereocenters. The van der Waals surface area contributed by atoms with E-state index in [9.17, 15) is 19.1 Å². The molecule has 116 valence electrons. The lowest BCUT2D eigenvalue weighted by Crippen LogP contribution is -2.27. The number of aliphatic carboxylic acids is 1. The summed E-state index contributed by atoms with van der Waals surface area (Å²) < 4.78 is 11.4. The summed E-state index contributed by atoms with van der Waals surface area (Å²) in [5.41, 5.74) is 0. The molecule has 3 N–H and O–H groups in total. The minimum absolute atomic E-state index is 0.222. The lowest BCUT2D eigenvalue weighted by Gasteiger charge is -2.32. The predicted octanol–water partition coefficient (Wildman–Crippen LogP) is 3.78. The first-order valence-electron chi connectivity index (χ1n) is 6.98. The van der Waals surface area contributed by atoms with Gasteiger partial charge in [-0.25, -0.2) is 0 Å². The fraction of sp³-hybridized carbons (Fsp3) is 0.923. The Bertz CT molecular complexity index is 281. The third kappa shape index (κ3) is 8.40. The molecule has 0 spiro atoms. The Morgan fingerprint density at radius 3 is 1.68 bits per heavy atom. The molecule has 0 aliphatic heterocycles. The number of hydrogen-bond donors (Lipinski definition) is 3. The molecular weight excluding hydrogens is 267 g/mol. The standard InChI is InChI=1S/C10H23O3P.C3H6O2/c1-4-7-8-9-10(5-2,6-3)14(11,12)13;1-2-3(4)5/h4-9H2,1-3H3,(H2,11,12,13);2H2,1H3,(H,4,5). The van der Waals surface area contributed by atoms with Crippen LogP contribution in [0.15, 0.2) is 0 Å². The summed E-state index contributed by atoms with van der Waals surface area (Å²) in [5.74, 6) is -0.745. The molecule has 0 fully saturated rings. The molecule has 6 heteroatoms. The third-order valence-electron chi connectivity index (χ3n) is 3.48. The Balaban J connectivity index is 0. The summed E-state index contributed by atoms with van der Waals surface area (Å²) in [6.45, 7) is 7.43. The van der Waals surface area contributed by atoms with E-state index in [4.69, 9.17) is 5.11 Å². The molecule has 0 aromatic rings. The minimum Gasteiger partial charge on any atom is -0.481 e.